The molecule has 5 rings (SSSR count). The Morgan fingerprint density at radius 1 is 1.18 bits per heavy atom. The van der Waals surface area contributed by atoms with Crippen molar-refractivity contribution >= 4 is 34.9 Å². The Labute approximate surface area is 233 Å². The molecule has 2 aliphatic rings. The summed E-state index contributed by atoms with van der Waals surface area (Å²) < 4.78 is 8.20. The maximum atomic E-state index is 12.9. The summed E-state index contributed by atoms with van der Waals surface area (Å²) in [4.78, 5) is 19.3. The van der Waals surface area contributed by atoms with Gasteiger partial charge in [-0.2, -0.15) is 5.10 Å². The SMILES string of the molecule is Cc1ccc(Cl)c(C(C)Oc2cc(-c3cnn(C4CCN(C(=O)C5CCCNC5)CC4)c3)cnc2N)c1Cl. The van der Waals surface area contributed by atoms with Gasteiger partial charge < -0.3 is 20.7 Å². The first kappa shape index (κ1) is 26.8. The predicted octanol–water partition coefficient (Wildman–Crippen LogP) is 5.45. The molecule has 2 fully saturated rings. The Kier molecular flexibility index (Phi) is 8.12. The first-order chi connectivity index (χ1) is 18.3. The van der Waals surface area contributed by atoms with E-state index in [-0.39, 0.29) is 17.8 Å². The summed E-state index contributed by atoms with van der Waals surface area (Å²) in [5.74, 6) is 1.16. The third-order valence-electron chi connectivity index (χ3n) is 7.64. The molecule has 2 aliphatic heterocycles. The molecule has 1 aromatic carbocycles. The topological polar surface area (TPSA) is 98.3 Å². The summed E-state index contributed by atoms with van der Waals surface area (Å²) in [7, 11) is 0. The molecule has 3 aromatic rings. The molecule has 0 radical (unpaired) electrons. The third-order valence-corrected chi connectivity index (χ3v) is 8.47. The number of nitrogens with two attached hydrogens (primary N) is 1. The van der Waals surface area contributed by atoms with Crippen LogP contribution in [0.1, 0.15) is 55.9 Å². The molecule has 2 aromatic heterocycles. The molecule has 202 valence electrons. The van der Waals surface area contributed by atoms with Crippen LogP contribution in [0.3, 0.4) is 0 Å². The van der Waals surface area contributed by atoms with E-state index in [2.05, 4.69) is 15.4 Å². The number of nitrogens with zero attached hydrogens (tertiary/aromatic N) is 4. The zero-order valence-electron chi connectivity index (χ0n) is 21.8. The molecular formula is C28H34Cl2N6O2. The van der Waals surface area contributed by atoms with Gasteiger partial charge in [0.05, 0.1) is 23.2 Å². The summed E-state index contributed by atoms with van der Waals surface area (Å²) in [6.45, 7) is 7.15. The molecule has 1 amide bonds. The maximum Gasteiger partial charge on any atom is 0.226 e. The lowest BCUT2D eigenvalue weighted by molar-refractivity contribution is -0.137. The molecule has 10 heteroatoms. The van der Waals surface area contributed by atoms with E-state index >= 15 is 0 Å². The van der Waals surface area contributed by atoms with E-state index < -0.39 is 6.10 Å². The molecule has 4 heterocycles. The van der Waals surface area contributed by atoms with Crippen molar-refractivity contribution in [3.63, 3.8) is 0 Å². The molecule has 38 heavy (non-hydrogen) atoms. The quantitative estimate of drug-likeness (QED) is 0.419. The standard InChI is InChI=1S/C28H34Cl2N6O2/c1-17-5-6-23(29)25(26(17)30)18(2)38-24-12-20(14-33-27(24)31)21-15-34-36(16-21)22-7-10-35(11-8-22)28(37)19-4-3-9-32-13-19/h5-6,12,14-16,18-19,22,32H,3-4,7-11,13H2,1-2H3,(H2,31,33). The van der Waals surface area contributed by atoms with Crippen molar-refractivity contribution in [2.75, 3.05) is 31.9 Å². The van der Waals surface area contributed by atoms with Gasteiger partial charge in [-0.1, -0.05) is 29.3 Å². The van der Waals surface area contributed by atoms with E-state index in [1.54, 1.807) is 6.20 Å². The fourth-order valence-corrected chi connectivity index (χ4v) is 6.04. The number of carbonyl (C=O) groups excluding carboxylic acids is 1. The van der Waals surface area contributed by atoms with Gasteiger partial charge in [0.25, 0.3) is 0 Å². The number of aryl methyl sites for hydroxylation is 1. The van der Waals surface area contributed by atoms with Gasteiger partial charge in [0.2, 0.25) is 5.91 Å². The minimum Gasteiger partial charge on any atom is -0.482 e. The van der Waals surface area contributed by atoms with E-state index in [0.717, 1.165) is 74.1 Å². The van der Waals surface area contributed by atoms with E-state index in [4.69, 9.17) is 33.7 Å². The lowest BCUT2D eigenvalue weighted by atomic mass is 9.96. The second kappa shape index (κ2) is 11.5. The Morgan fingerprint density at radius 3 is 2.71 bits per heavy atom. The number of nitrogen functional groups attached to an aromatic ring is 1. The number of piperidine rings is 2. The van der Waals surface area contributed by atoms with Crippen LogP contribution in [0.2, 0.25) is 10.0 Å². The molecule has 3 N–H and O–H groups in total. The van der Waals surface area contributed by atoms with Crippen molar-refractivity contribution < 1.29 is 9.53 Å². The van der Waals surface area contributed by atoms with Crippen molar-refractivity contribution in [2.45, 2.75) is 51.7 Å². The number of hydrogen-bond acceptors (Lipinski definition) is 6. The highest BCUT2D eigenvalue weighted by atomic mass is 35.5. The van der Waals surface area contributed by atoms with Crippen molar-refractivity contribution in [3.8, 4) is 16.9 Å². The zero-order valence-corrected chi connectivity index (χ0v) is 23.3. The highest BCUT2D eigenvalue weighted by molar-refractivity contribution is 6.36. The van der Waals surface area contributed by atoms with Crippen LogP contribution in [-0.4, -0.2) is 51.8 Å². The number of anilines is 1. The summed E-state index contributed by atoms with van der Waals surface area (Å²) in [6, 6.07) is 5.82. The van der Waals surface area contributed by atoms with Crippen LogP contribution in [0.15, 0.2) is 36.8 Å². The smallest absolute Gasteiger partial charge is 0.226 e. The molecular weight excluding hydrogens is 523 g/mol. The van der Waals surface area contributed by atoms with Crippen LogP contribution < -0.4 is 15.8 Å². The maximum absolute atomic E-state index is 12.9. The number of ether oxygens (including phenoxy) is 1. The third kappa shape index (κ3) is 5.63. The van der Waals surface area contributed by atoms with Gasteiger partial charge in [-0.15, -0.1) is 0 Å². The van der Waals surface area contributed by atoms with E-state index in [1.807, 2.05) is 54.0 Å². The van der Waals surface area contributed by atoms with Crippen LogP contribution in [0.25, 0.3) is 11.1 Å². The Morgan fingerprint density at radius 2 is 1.97 bits per heavy atom. The second-order valence-corrected chi connectivity index (χ2v) is 11.1. The first-order valence-corrected chi connectivity index (χ1v) is 14.0. The minimum atomic E-state index is -0.422. The molecule has 2 atom stereocenters. The van der Waals surface area contributed by atoms with Crippen LogP contribution in [0, 0.1) is 12.8 Å². The van der Waals surface area contributed by atoms with E-state index in [1.165, 1.54) is 0 Å². The van der Waals surface area contributed by atoms with Gasteiger partial charge >= 0.3 is 0 Å². The number of rotatable bonds is 6. The number of carbonyl (C=O) groups is 1. The molecule has 2 saturated heterocycles. The van der Waals surface area contributed by atoms with Gasteiger partial charge in [-0.3, -0.25) is 9.48 Å². The Balaban J connectivity index is 1.26. The summed E-state index contributed by atoms with van der Waals surface area (Å²) >= 11 is 12.9. The summed E-state index contributed by atoms with van der Waals surface area (Å²) in [6.07, 6.45) is 8.99. The number of halogens is 2. The largest absolute Gasteiger partial charge is 0.482 e. The van der Waals surface area contributed by atoms with Crippen molar-refractivity contribution in [3.05, 3.63) is 58.0 Å². The molecule has 8 nitrogen and oxygen atoms in total. The fourth-order valence-electron chi connectivity index (χ4n) is 5.37. The first-order valence-electron chi connectivity index (χ1n) is 13.2. The van der Waals surface area contributed by atoms with Crippen LogP contribution in [0.4, 0.5) is 5.82 Å². The number of hydrogen-bond donors (Lipinski definition) is 2. The van der Waals surface area contributed by atoms with Gasteiger partial charge in [-0.05, 0) is 63.8 Å². The van der Waals surface area contributed by atoms with Gasteiger partial charge in [0.15, 0.2) is 11.6 Å². The molecule has 0 spiro atoms. The highest BCUT2D eigenvalue weighted by Gasteiger charge is 2.30. The minimum absolute atomic E-state index is 0.117. The van der Waals surface area contributed by atoms with Crippen LogP contribution in [0.5, 0.6) is 5.75 Å². The van der Waals surface area contributed by atoms with Crippen molar-refractivity contribution in [2.24, 2.45) is 5.92 Å². The number of nitrogens with one attached hydrogen (secondary N) is 1. The average molecular weight is 558 g/mol. The number of pyridine rings is 1. The lowest BCUT2D eigenvalue weighted by Crippen LogP contribution is -2.46. The number of amides is 1. The number of aromatic nitrogens is 3. The lowest BCUT2D eigenvalue weighted by Gasteiger charge is -2.35. The molecule has 0 aliphatic carbocycles. The summed E-state index contributed by atoms with van der Waals surface area (Å²) in [5.41, 5.74) is 9.58. The molecule has 0 bridgehead atoms. The van der Waals surface area contributed by atoms with E-state index in [0.29, 0.717) is 21.7 Å². The predicted molar refractivity (Wildman–Crippen MR) is 151 cm³/mol. The highest BCUT2D eigenvalue weighted by Crippen LogP contribution is 2.37. The Bertz CT molecular complexity index is 1300. The molecule has 2 unspecified atom stereocenters. The van der Waals surface area contributed by atoms with Crippen LogP contribution in [-0.2, 0) is 4.79 Å². The monoisotopic (exact) mass is 556 g/mol. The van der Waals surface area contributed by atoms with Gasteiger partial charge in [-0.25, -0.2) is 4.98 Å². The number of likely N-dealkylation sites (tertiary alicyclic amines) is 1. The fraction of sp³-hybridized carbons (Fsp3) is 0.464. The molecule has 0 saturated carbocycles. The van der Waals surface area contributed by atoms with E-state index in [9.17, 15) is 4.79 Å². The van der Waals surface area contributed by atoms with Gasteiger partial charge in [0.1, 0.15) is 6.10 Å². The second-order valence-electron chi connectivity index (χ2n) is 10.3. The zero-order chi connectivity index (χ0) is 26.8. The van der Waals surface area contributed by atoms with Crippen molar-refractivity contribution in [1.29, 1.82) is 0 Å². The average Bonchev–Trinajstić information content (AvgIpc) is 3.43. The number of benzene rings is 1. The Hall–Kier alpha value is -2.81. The van der Waals surface area contributed by atoms with Crippen LogP contribution >= 0.6 is 23.2 Å². The van der Waals surface area contributed by atoms with Gasteiger partial charge in [0, 0.05) is 53.7 Å². The van der Waals surface area contributed by atoms with Crippen molar-refractivity contribution in [1.82, 2.24) is 25.0 Å². The normalized spacial score (nSPS) is 19.4. The summed E-state index contributed by atoms with van der Waals surface area (Å²) in [5, 5.41) is 9.11.